The van der Waals surface area contributed by atoms with Crippen molar-refractivity contribution in [3.63, 3.8) is 0 Å². The number of nitrogens with zero attached hydrogens (tertiary/aromatic N) is 5. The summed E-state index contributed by atoms with van der Waals surface area (Å²) < 4.78 is 16.3. The van der Waals surface area contributed by atoms with Gasteiger partial charge in [-0.1, -0.05) is 11.2 Å². The molecule has 0 saturated carbocycles. The van der Waals surface area contributed by atoms with E-state index in [1.807, 2.05) is 39.0 Å². The molecule has 1 aromatic carbocycles. The minimum absolute atomic E-state index is 0.156. The fourth-order valence-corrected chi connectivity index (χ4v) is 5.94. The van der Waals surface area contributed by atoms with Crippen LogP contribution in [0.3, 0.4) is 0 Å². The van der Waals surface area contributed by atoms with Crippen molar-refractivity contribution in [1.29, 1.82) is 0 Å². The first-order valence-electron chi connectivity index (χ1n) is 14.1. The predicted molar refractivity (Wildman–Crippen MR) is 155 cm³/mol. The number of aromatic nitrogens is 3. The highest BCUT2D eigenvalue weighted by molar-refractivity contribution is 5.76. The van der Waals surface area contributed by atoms with E-state index in [2.05, 4.69) is 22.3 Å². The standard InChI is InChI=1S/C30H40N6O5/c1-18-7-8-23(40-15-22(37)14-31-5)13-24(18)27-32-26(25-20(3)34-41-21(25)4)19(2)28(33-27)36-16-30(17-36)9-11-35(12-10-30)29(38)39-6/h7-8,13,22,31,37H,9-12,14-17H2,1-6H3/t22-/m1/s1. The number of hydrogen-bond acceptors (Lipinski definition) is 10. The third-order valence-corrected chi connectivity index (χ3v) is 8.33. The molecule has 5 rings (SSSR count). The number of benzene rings is 1. The van der Waals surface area contributed by atoms with Gasteiger partial charge in [0.05, 0.1) is 24.1 Å². The van der Waals surface area contributed by atoms with Crippen LogP contribution in [-0.2, 0) is 4.74 Å². The number of ether oxygens (including phenoxy) is 2. The van der Waals surface area contributed by atoms with E-state index in [1.165, 1.54) is 7.11 Å². The molecule has 11 nitrogen and oxygen atoms in total. The number of anilines is 1. The quantitative estimate of drug-likeness (QED) is 0.419. The first kappa shape index (κ1) is 28.8. The minimum Gasteiger partial charge on any atom is -0.491 e. The molecular weight excluding hydrogens is 524 g/mol. The molecule has 2 fully saturated rings. The molecule has 2 N–H and O–H groups in total. The molecule has 41 heavy (non-hydrogen) atoms. The maximum Gasteiger partial charge on any atom is 0.409 e. The minimum atomic E-state index is -0.614. The number of amides is 1. The van der Waals surface area contributed by atoms with Gasteiger partial charge in [-0.2, -0.15) is 0 Å². The molecule has 0 unspecified atom stereocenters. The molecule has 0 radical (unpaired) electrons. The summed E-state index contributed by atoms with van der Waals surface area (Å²) in [6.07, 6.45) is 1.000. The van der Waals surface area contributed by atoms with Crippen LogP contribution in [0.4, 0.5) is 10.6 Å². The molecule has 1 spiro atoms. The number of piperidine rings is 1. The van der Waals surface area contributed by atoms with Crippen LogP contribution in [0.2, 0.25) is 0 Å². The summed E-state index contributed by atoms with van der Waals surface area (Å²) in [5.74, 6) is 2.84. The molecule has 4 heterocycles. The van der Waals surface area contributed by atoms with Crippen LogP contribution >= 0.6 is 0 Å². The number of hydrogen-bond donors (Lipinski definition) is 2. The zero-order valence-electron chi connectivity index (χ0n) is 24.8. The second-order valence-electron chi connectivity index (χ2n) is 11.4. The molecule has 2 aromatic heterocycles. The number of carbonyl (C=O) groups excluding carboxylic acids is 1. The van der Waals surface area contributed by atoms with Crippen LogP contribution in [0.5, 0.6) is 5.75 Å². The van der Waals surface area contributed by atoms with Gasteiger partial charge >= 0.3 is 6.09 Å². The highest BCUT2D eigenvalue weighted by atomic mass is 16.5. The highest BCUT2D eigenvalue weighted by Gasteiger charge is 2.46. The number of likely N-dealkylation sites (N-methyl/N-ethyl adjacent to an activating group) is 1. The molecule has 1 amide bonds. The first-order valence-corrected chi connectivity index (χ1v) is 14.1. The summed E-state index contributed by atoms with van der Waals surface area (Å²) in [4.78, 5) is 26.3. The van der Waals surface area contributed by atoms with Gasteiger partial charge in [0.1, 0.15) is 30.0 Å². The topological polar surface area (TPSA) is 126 Å². The Hall–Kier alpha value is -3.70. The van der Waals surface area contributed by atoms with Crippen molar-refractivity contribution in [3.8, 4) is 28.4 Å². The maximum absolute atomic E-state index is 12.0. The van der Waals surface area contributed by atoms with Gasteiger partial charge in [0.15, 0.2) is 5.82 Å². The van der Waals surface area contributed by atoms with Crippen LogP contribution in [0.1, 0.15) is 35.4 Å². The molecule has 3 aromatic rings. The van der Waals surface area contributed by atoms with Crippen molar-refractivity contribution in [1.82, 2.24) is 25.3 Å². The number of aliphatic hydroxyl groups is 1. The molecule has 11 heteroatoms. The van der Waals surface area contributed by atoms with Crippen LogP contribution in [0.25, 0.3) is 22.6 Å². The van der Waals surface area contributed by atoms with Crippen molar-refractivity contribution < 1.29 is 23.9 Å². The predicted octanol–water partition coefficient (Wildman–Crippen LogP) is 3.66. The molecular formula is C30H40N6O5. The van der Waals surface area contributed by atoms with Gasteiger partial charge in [-0.25, -0.2) is 14.8 Å². The number of rotatable bonds is 8. The average molecular weight is 565 g/mol. The fraction of sp³-hybridized carbons (Fsp3) is 0.533. The van der Waals surface area contributed by atoms with E-state index < -0.39 is 6.10 Å². The fourth-order valence-electron chi connectivity index (χ4n) is 5.94. The number of carbonyl (C=O) groups is 1. The SMILES string of the molecule is CNC[C@@H](O)COc1ccc(C)c(-c2nc(-c3c(C)noc3C)c(C)c(N3CC4(CCN(C(=O)OC)CC4)C3)n2)c1. The number of aryl methyl sites for hydroxylation is 3. The number of likely N-dealkylation sites (tertiary alicyclic amines) is 1. The molecule has 0 bridgehead atoms. The van der Waals surface area contributed by atoms with Crippen LogP contribution in [-0.4, -0.2) is 90.8 Å². The van der Waals surface area contributed by atoms with Gasteiger partial charge < -0.3 is 34.2 Å². The second kappa shape index (κ2) is 11.7. The summed E-state index contributed by atoms with van der Waals surface area (Å²) in [6.45, 7) is 11.7. The van der Waals surface area contributed by atoms with E-state index in [-0.39, 0.29) is 18.1 Å². The van der Waals surface area contributed by atoms with E-state index >= 15 is 0 Å². The van der Waals surface area contributed by atoms with Gasteiger partial charge in [-0.15, -0.1) is 0 Å². The Morgan fingerprint density at radius 1 is 1.17 bits per heavy atom. The Bertz CT molecular complexity index is 1390. The van der Waals surface area contributed by atoms with Crippen molar-refractivity contribution in [2.45, 2.75) is 46.6 Å². The highest BCUT2D eigenvalue weighted by Crippen LogP contribution is 2.45. The van der Waals surface area contributed by atoms with Gasteiger partial charge in [-0.05, 0) is 65.3 Å². The number of aliphatic hydroxyl groups excluding tert-OH is 1. The van der Waals surface area contributed by atoms with Gasteiger partial charge in [0, 0.05) is 49.3 Å². The van der Waals surface area contributed by atoms with Crippen LogP contribution < -0.4 is 15.0 Å². The third kappa shape index (κ3) is 5.73. The molecule has 2 aliphatic heterocycles. The van der Waals surface area contributed by atoms with E-state index in [0.717, 1.165) is 65.4 Å². The third-order valence-electron chi connectivity index (χ3n) is 8.33. The Kier molecular flexibility index (Phi) is 8.19. The van der Waals surface area contributed by atoms with Crippen LogP contribution in [0, 0.1) is 33.1 Å². The lowest BCUT2D eigenvalue weighted by Crippen LogP contribution is -2.61. The lowest BCUT2D eigenvalue weighted by molar-refractivity contribution is 0.0621. The lowest BCUT2D eigenvalue weighted by atomic mass is 9.72. The molecule has 1 atom stereocenters. The Morgan fingerprint density at radius 3 is 2.54 bits per heavy atom. The monoisotopic (exact) mass is 564 g/mol. The molecule has 220 valence electrons. The summed E-state index contributed by atoms with van der Waals surface area (Å²) in [7, 11) is 3.22. The maximum atomic E-state index is 12.0. The smallest absolute Gasteiger partial charge is 0.409 e. The summed E-state index contributed by atoms with van der Waals surface area (Å²) >= 11 is 0. The summed E-state index contributed by atoms with van der Waals surface area (Å²) in [6, 6.07) is 5.82. The summed E-state index contributed by atoms with van der Waals surface area (Å²) in [5, 5.41) is 17.2. The lowest BCUT2D eigenvalue weighted by Gasteiger charge is -2.54. The van der Waals surface area contributed by atoms with Gasteiger partial charge in [-0.3, -0.25) is 0 Å². The first-order chi connectivity index (χ1) is 19.6. The zero-order chi connectivity index (χ0) is 29.3. The second-order valence-corrected chi connectivity index (χ2v) is 11.4. The Labute approximate surface area is 240 Å². The van der Waals surface area contributed by atoms with E-state index in [1.54, 1.807) is 11.9 Å². The largest absolute Gasteiger partial charge is 0.491 e. The van der Waals surface area contributed by atoms with Crippen LogP contribution in [0.15, 0.2) is 22.7 Å². The zero-order valence-corrected chi connectivity index (χ0v) is 24.8. The normalized spacial score (nSPS) is 17.0. The van der Waals surface area contributed by atoms with Gasteiger partial charge in [0.2, 0.25) is 0 Å². The number of nitrogens with one attached hydrogen (secondary N) is 1. The van der Waals surface area contributed by atoms with Crippen molar-refractivity contribution in [2.24, 2.45) is 5.41 Å². The molecule has 2 aliphatic rings. The van der Waals surface area contributed by atoms with E-state index in [9.17, 15) is 9.90 Å². The van der Waals surface area contributed by atoms with Crippen molar-refractivity contribution in [2.75, 3.05) is 58.4 Å². The Balaban J connectivity index is 1.48. The van der Waals surface area contributed by atoms with E-state index in [4.69, 9.17) is 24.0 Å². The van der Waals surface area contributed by atoms with Crippen molar-refractivity contribution in [3.05, 3.63) is 40.8 Å². The average Bonchev–Trinajstić information content (AvgIpc) is 3.28. The molecule has 2 saturated heterocycles. The number of methoxy groups -OCH3 is 1. The van der Waals surface area contributed by atoms with Gasteiger partial charge in [0.25, 0.3) is 0 Å². The van der Waals surface area contributed by atoms with Crippen molar-refractivity contribution >= 4 is 11.9 Å². The molecule has 0 aliphatic carbocycles. The summed E-state index contributed by atoms with van der Waals surface area (Å²) in [5.41, 5.74) is 5.48. The van der Waals surface area contributed by atoms with E-state index in [0.29, 0.717) is 37.0 Å². The Morgan fingerprint density at radius 2 is 1.90 bits per heavy atom.